The number of aromatic amines is 1. The second-order valence-corrected chi connectivity index (χ2v) is 7.63. The lowest BCUT2D eigenvalue weighted by atomic mass is 9.74. The summed E-state index contributed by atoms with van der Waals surface area (Å²) in [5.74, 6) is 0.287. The summed E-state index contributed by atoms with van der Waals surface area (Å²) in [4.78, 5) is 18.7. The van der Waals surface area contributed by atoms with Crippen LogP contribution in [0.5, 0.6) is 0 Å². The molecular weight excluding hydrogens is 340 g/mol. The summed E-state index contributed by atoms with van der Waals surface area (Å²) >= 11 is 0. The van der Waals surface area contributed by atoms with Gasteiger partial charge >= 0.3 is 5.97 Å². The maximum atomic E-state index is 12.4. The Kier molecular flexibility index (Phi) is 4.96. The molecule has 0 saturated carbocycles. The number of carbonyl (C=O) groups excluding carboxylic acids is 1. The quantitative estimate of drug-likeness (QED) is 0.506. The van der Waals surface area contributed by atoms with Crippen molar-refractivity contribution >= 4 is 16.9 Å². The molecule has 5 heteroatoms. The fourth-order valence-corrected chi connectivity index (χ4v) is 5.04. The van der Waals surface area contributed by atoms with E-state index in [4.69, 9.17) is 9.47 Å². The molecule has 0 spiro atoms. The van der Waals surface area contributed by atoms with E-state index in [9.17, 15) is 4.79 Å². The van der Waals surface area contributed by atoms with Crippen molar-refractivity contribution in [1.82, 2.24) is 9.88 Å². The summed E-state index contributed by atoms with van der Waals surface area (Å²) in [6.45, 7) is 4.28. The van der Waals surface area contributed by atoms with Crippen molar-refractivity contribution in [2.45, 2.75) is 32.2 Å². The summed E-state index contributed by atoms with van der Waals surface area (Å²) in [5.41, 5.74) is 4.63. The van der Waals surface area contributed by atoms with Crippen molar-refractivity contribution < 1.29 is 14.3 Å². The number of H-pyrrole nitrogens is 1. The van der Waals surface area contributed by atoms with Crippen LogP contribution in [0, 0.1) is 11.8 Å². The lowest BCUT2D eigenvalue weighted by molar-refractivity contribution is -0.137. The number of methoxy groups -OCH3 is 2. The van der Waals surface area contributed by atoms with Gasteiger partial charge in [-0.3, -0.25) is 4.90 Å². The number of nitrogens with zero attached hydrogens (tertiary/aromatic N) is 1. The van der Waals surface area contributed by atoms with E-state index in [1.165, 1.54) is 29.3 Å². The molecular formula is C22H28N2O3. The summed E-state index contributed by atoms with van der Waals surface area (Å²) in [7, 11) is 3.04. The van der Waals surface area contributed by atoms with Gasteiger partial charge < -0.3 is 14.5 Å². The van der Waals surface area contributed by atoms with Crippen LogP contribution >= 0.6 is 0 Å². The van der Waals surface area contributed by atoms with Crippen LogP contribution in [0.15, 0.2) is 36.1 Å². The number of hydrogen-bond donors (Lipinski definition) is 1. The van der Waals surface area contributed by atoms with Crippen LogP contribution < -0.4 is 0 Å². The molecule has 1 aromatic carbocycles. The van der Waals surface area contributed by atoms with Gasteiger partial charge in [0.2, 0.25) is 0 Å². The summed E-state index contributed by atoms with van der Waals surface area (Å²) < 4.78 is 10.3. The number of carbonyl (C=O) groups is 1. The zero-order valence-corrected chi connectivity index (χ0v) is 16.3. The number of hydrogen-bond acceptors (Lipinski definition) is 4. The number of para-hydroxylation sites is 1. The van der Waals surface area contributed by atoms with E-state index in [2.05, 4.69) is 41.1 Å². The fourth-order valence-electron chi connectivity index (χ4n) is 5.04. The Balaban J connectivity index is 1.73. The average Bonchev–Trinajstić information content (AvgIpc) is 3.09. The molecule has 0 unspecified atom stereocenters. The first-order valence-corrected chi connectivity index (χ1v) is 9.82. The number of aromatic nitrogens is 1. The van der Waals surface area contributed by atoms with E-state index in [-0.39, 0.29) is 11.9 Å². The minimum Gasteiger partial charge on any atom is -0.504 e. The predicted octanol–water partition coefficient (Wildman–Crippen LogP) is 3.82. The van der Waals surface area contributed by atoms with Crippen molar-refractivity contribution in [1.29, 1.82) is 0 Å². The first-order valence-electron chi connectivity index (χ1n) is 9.82. The molecule has 144 valence electrons. The first kappa shape index (κ1) is 18.1. The average molecular weight is 368 g/mol. The summed E-state index contributed by atoms with van der Waals surface area (Å²) in [6, 6.07) is 8.85. The monoisotopic (exact) mass is 368 g/mol. The Morgan fingerprint density at radius 3 is 2.89 bits per heavy atom. The Morgan fingerprint density at radius 2 is 2.15 bits per heavy atom. The third kappa shape index (κ3) is 3.04. The number of rotatable bonds is 4. The van der Waals surface area contributed by atoms with Gasteiger partial charge in [-0.15, -0.1) is 0 Å². The number of fused-ring (bicyclic) bond motifs is 5. The van der Waals surface area contributed by atoms with E-state index >= 15 is 0 Å². The Morgan fingerprint density at radius 1 is 1.33 bits per heavy atom. The van der Waals surface area contributed by atoms with E-state index in [1.807, 2.05) is 0 Å². The first-order chi connectivity index (χ1) is 13.2. The summed E-state index contributed by atoms with van der Waals surface area (Å²) in [6.07, 6.45) is 4.60. The highest BCUT2D eigenvalue weighted by Crippen LogP contribution is 2.45. The van der Waals surface area contributed by atoms with Crippen LogP contribution in [0.1, 0.15) is 37.1 Å². The molecule has 3 atom stereocenters. The van der Waals surface area contributed by atoms with Crippen LogP contribution in [0.2, 0.25) is 0 Å². The minimum atomic E-state index is -0.276. The van der Waals surface area contributed by atoms with Gasteiger partial charge in [0.25, 0.3) is 0 Å². The largest absolute Gasteiger partial charge is 0.504 e. The van der Waals surface area contributed by atoms with E-state index < -0.39 is 0 Å². The molecule has 4 rings (SSSR count). The van der Waals surface area contributed by atoms with Crippen molar-refractivity contribution in [2.24, 2.45) is 11.8 Å². The van der Waals surface area contributed by atoms with Crippen molar-refractivity contribution in [3.05, 3.63) is 47.4 Å². The highest BCUT2D eigenvalue weighted by atomic mass is 16.5. The molecule has 1 saturated heterocycles. The predicted molar refractivity (Wildman–Crippen MR) is 105 cm³/mol. The molecule has 2 aromatic rings. The smallest absolute Gasteiger partial charge is 0.337 e. The standard InChI is InChI=1S/C22H28N2O3/c1-4-14-12-24-10-9-16-15-7-5-6-8-19(15)23-21(16)20(24)11-17(14)18(13-26-2)22(25)27-3/h5-8,13-14,17,20,23H,4,9-12H2,1-3H3/b18-13+/t14-,17-,20+/m0/s1. The van der Waals surface area contributed by atoms with E-state index in [0.29, 0.717) is 17.5 Å². The van der Waals surface area contributed by atoms with Gasteiger partial charge in [-0.1, -0.05) is 31.5 Å². The van der Waals surface area contributed by atoms with E-state index in [1.54, 1.807) is 13.4 Å². The molecule has 1 fully saturated rings. The van der Waals surface area contributed by atoms with Gasteiger partial charge in [0.05, 0.1) is 32.1 Å². The normalized spacial score (nSPS) is 25.7. The third-order valence-corrected chi connectivity index (χ3v) is 6.37. The summed E-state index contributed by atoms with van der Waals surface area (Å²) in [5, 5.41) is 1.34. The molecule has 27 heavy (non-hydrogen) atoms. The van der Waals surface area contributed by atoms with Gasteiger partial charge in [-0.2, -0.15) is 0 Å². The Labute approximate surface area is 160 Å². The van der Waals surface area contributed by atoms with Gasteiger partial charge in [0.1, 0.15) is 0 Å². The van der Waals surface area contributed by atoms with Crippen molar-refractivity contribution in [3.8, 4) is 0 Å². The molecule has 3 heterocycles. The molecule has 0 aliphatic carbocycles. The molecule has 0 radical (unpaired) electrons. The molecule has 2 aliphatic heterocycles. The molecule has 1 aromatic heterocycles. The van der Waals surface area contributed by atoms with Gasteiger partial charge in [-0.05, 0) is 36.3 Å². The van der Waals surface area contributed by atoms with Crippen LogP contribution in [0.4, 0.5) is 0 Å². The van der Waals surface area contributed by atoms with Gasteiger partial charge in [-0.25, -0.2) is 4.79 Å². The molecule has 1 N–H and O–H groups in total. The maximum absolute atomic E-state index is 12.4. The molecule has 2 aliphatic rings. The van der Waals surface area contributed by atoms with Crippen LogP contribution in [-0.4, -0.2) is 43.2 Å². The lowest BCUT2D eigenvalue weighted by Crippen LogP contribution is -2.47. The zero-order chi connectivity index (χ0) is 19.0. The number of nitrogens with one attached hydrogen (secondary N) is 1. The Bertz CT molecular complexity index is 870. The number of ether oxygens (including phenoxy) is 2. The second kappa shape index (κ2) is 7.39. The maximum Gasteiger partial charge on any atom is 0.337 e. The minimum absolute atomic E-state index is 0.140. The van der Waals surface area contributed by atoms with Gasteiger partial charge in [0.15, 0.2) is 0 Å². The highest BCUT2D eigenvalue weighted by Gasteiger charge is 2.42. The van der Waals surface area contributed by atoms with Gasteiger partial charge in [0, 0.05) is 29.7 Å². The highest BCUT2D eigenvalue weighted by molar-refractivity contribution is 5.89. The molecule has 0 amide bonds. The fraction of sp³-hybridized carbons (Fsp3) is 0.500. The van der Waals surface area contributed by atoms with Crippen molar-refractivity contribution in [2.75, 3.05) is 27.3 Å². The van der Waals surface area contributed by atoms with Crippen LogP contribution in [0.25, 0.3) is 10.9 Å². The lowest BCUT2D eigenvalue weighted by Gasteiger charge is -2.46. The van der Waals surface area contributed by atoms with E-state index in [0.717, 1.165) is 32.4 Å². The Hall–Kier alpha value is -2.27. The van der Waals surface area contributed by atoms with Crippen LogP contribution in [-0.2, 0) is 20.7 Å². The number of piperidine rings is 1. The topological polar surface area (TPSA) is 54.6 Å². The van der Waals surface area contributed by atoms with Crippen LogP contribution in [0.3, 0.4) is 0 Å². The number of benzene rings is 1. The van der Waals surface area contributed by atoms with Crippen molar-refractivity contribution in [3.63, 3.8) is 0 Å². The molecule has 0 bridgehead atoms. The zero-order valence-electron chi connectivity index (χ0n) is 16.3. The SMILES string of the molecule is CC[C@H]1CN2CCc3c([nH]c4ccccc34)[C@H]2C[C@@H]1/C(=C\OC)C(=O)OC. The molecule has 5 nitrogen and oxygen atoms in total. The number of esters is 1. The third-order valence-electron chi connectivity index (χ3n) is 6.37. The second-order valence-electron chi connectivity index (χ2n) is 7.63.